The molecule has 0 bridgehead atoms. The van der Waals surface area contributed by atoms with E-state index < -0.39 is 0 Å². The summed E-state index contributed by atoms with van der Waals surface area (Å²) in [4.78, 5) is 0. The van der Waals surface area contributed by atoms with Crippen LogP contribution in [0.5, 0.6) is 0 Å². The molecule has 0 amide bonds. The number of furan rings is 1. The smallest absolute Gasteiger partial charge is 0.264 e. The van der Waals surface area contributed by atoms with Crippen LogP contribution in [0.4, 0.5) is 5.95 Å². The predicted octanol–water partition coefficient (Wildman–Crippen LogP) is 3.29. The standard InChI is InChI=1S/C15H15ClN6OS/c1-10-6-7-12(23-10)8-18-19-14-20-21-15(22(14)17)24-9-11-4-2-3-5-13(11)16/h2-8H,9,17H2,1H3,(H,19,20)/b18-8+. The van der Waals surface area contributed by atoms with E-state index in [2.05, 4.69) is 20.7 Å². The first-order valence-corrected chi connectivity index (χ1v) is 8.42. The van der Waals surface area contributed by atoms with Crippen molar-refractivity contribution in [2.75, 3.05) is 11.3 Å². The van der Waals surface area contributed by atoms with Crippen molar-refractivity contribution in [3.63, 3.8) is 0 Å². The van der Waals surface area contributed by atoms with E-state index >= 15 is 0 Å². The Bertz CT molecular complexity index is 859. The van der Waals surface area contributed by atoms with Gasteiger partial charge in [-0.25, -0.2) is 10.1 Å². The molecule has 124 valence electrons. The average Bonchev–Trinajstić information content (AvgIpc) is 3.14. The van der Waals surface area contributed by atoms with Crippen LogP contribution >= 0.6 is 23.4 Å². The first-order valence-electron chi connectivity index (χ1n) is 7.05. The van der Waals surface area contributed by atoms with Crippen molar-refractivity contribution in [2.45, 2.75) is 17.8 Å². The zero-order valence-corrected chi connectivity index (χ0v) is 14.4. The normalized spacial score (nSPS) is 11.2. The highest BCUT2D eigenvalue weighted by atomic mass is 35.5. The Morgan fingerprint density at radius 1 is 1.33 bits per heavy atom. The molecule has 0 aliphatic carbocycles. The first-order chi connectivity index (χ1) is 11.6. The maximum atomic E-state index is 6.14. The highest BCUT2D eigenvalue weighted by molar-refractivity contribution is 7.98. The molecule has 0 atom stereocenters. The highest BCUT2D eigenvalue weighted by Gasteiger charge is 2.10. The summed E-state index contributed by atoms with van der Waals surface area (Å²) in [6.45, 7) is 1.86. The van der Waals surface area contributed by atoms with E-state index in [1.165, 1.54) is 22.7 Å². The summed E-state index contributed by atoms with van der Waals surface area (Å²) < 4.78 is 6.72. The number of nitrogens with one attached hydrogen (secondary N) is 1. The maximum Gasteiger partial charge on any atom is 0.264 e. The van der Waals surface area contributed by atoms with E-state index in [0.29, 0.717) is 27.6 Å². The average molecular weight is 363 g/mol. The number of nitrogen functional groups attached to an aromatic ring is 1. The van der Waals surface area contributed by atoms with Crippen LogP contribution in [-0.2, 0) is 5.75 Å². The molecule has 0 aliphatic rings. The van der Waals surface area contributed by atoms with Gasteiger partial charge in [-0.1, -0.05) is 41.6 Å². The number of hydrogen-bond acceptors (Lipinski definition) is 7. The quantitative estimate of drug-likeness (QED) is 0.302. The fourth-order valence-electron chi connectivity index (χ4n) is 1.89. The summed E-state index contributed by atoms with van der Waals surface area (Å²) in [5, 5.41) is 13.3. The third-order valence-electron chi connectivity index (χ3n) is 3.10. The Hall–Kier alpha value is -2.45. The minimum absolute atomic E-state index is 0.330. The number of halogens is 1. The van der Waals surface area contributed by atoms with E-state index in [4.69, 9.17) is 21.9 Å². The zero-order valence-electron chi connectivity index (χ0n) is 12.8. The monoisotopic (exact) mass is 362 g/mol. The lowest BCUT2D eigenvalue weighted by Gasteiger charge is -2.04. The maximum absolute atomic E-state index is 6.14. The Balaban J connectivity index is 1.61. The van der Waals surface area contributed by atoms with Crippen LogP contribution in [0.1, 0.15) is 17.1 Å². The molecule has 0 aliphatic heterocycles. The lowest BCUT2D eigenvalue weighted by molar-refractivity contribution is 0.528. The first kappa shape index (κ1) is 16.4. The number of aromatic nitrogens is 3. The van der Waals surface area contributed by atoms with E-state index in [9.17, 15) is 0 Å². The van der Waals surface area contributed by atoms with Crippen LogP contribution in [0.3, 0.4) is 0 Å². The van der Waals surface area contributed by atoms with Gasteiger partial charge in [-0.2, -0.15) is 5.10 Å². The number of aryl methyl sites for hydroxylation is 1. The number of nitrogens with two attached hydrogens (primary N) is 1. The van der Waals surface area contributed by atoms with E-state index in [1.807, 2.05) is 43.3 Å². The summed E-state index contributed by atoms with van der Waals surface area (Å²) in [6, 6.07) is 11.3. The summed E-state index contributed by atoms with van der Waals surface area (Å²) >= 11 is 7.57. The second kappa shape index (κ2) is 7.41. The number of thioether (sulfide) groups is 1. The van der Waals surface area contributed by atoms with E-state index in [0.717, 1.165) is 11.3 Å². The molecular weight excluding hydrogens is 348 g/mol. The van der Waals surface area contributed by atoms with Crippen molar-refractivity contribution in [1.29, 1.82) is 0 Å². The Labute approximate surface area is 147 Å². The number of hydrogen-bond donors (Lipinski definition) is 2. The second-order valence-electron chi connectivity index (χ2n) is 4.87. The van der Waals surface area contributed by atoms with E-state index in [-0.39, 0.29) is 0 Å². The molecule has 2 heterocycles. The number of rotatable bonds is 6. The van der Waals surface area contributed by atoms with Crippen molar-refractivity contribution in [2.24, 2.45) is 5.10 Å². The molecular formula is C15H15ClN6OS. The van der Waals surface area contributed by atoms with Gasteiger partial charge in [0.2, 0.25) is 5.16 Å². The third-order valence-corrected chi connectivity index (χ3v) is 4.46. The van der Waals surface area contributed by atoms with Crippen molar-refractivity contribution in [1.82, 2.24) is 14.9 Å². The fourth-order valence-corrected chi connectivity index (χ4v) is 3.03. The molecule has 0 unspecified atom stereocenters. The molecule has 7 nitrogen and oxygen atoms in total. The van der Waals surface area contributed by atoms with Crippen molar-refractivity contribution in [3.05, 3.63) is 58.5 Å². The van der Waals surface area contributed by atoms with Gasteiger partial charge in [0, 0.05) is 10.8 Å². The van der Waals surface area contributed by atoms with Gasteiger partial charge in [0.05, 0.1) is 6.21 Å². The second-order valence-corrected chi connectivity index (χ2v) is 6.22. The molecule has 0 radical (unpaired) electrons. The van der Waals surface area contributed by atoms with Crippen molar-refractivity contribution >= 4 is 35.5 Å². The summed E-state index contributed by atoms with van der Waals surface area (Å²) in [5.74, 6) is 8.39. The molecule has 24 heavy (non-hydrogen) atoms. The number of hydrazone groups is 1. The topological polar surface area (TPSA) is 94.3 Å². The summed E-state index contributed by atoms with van der Waals surface area (Å²) in [6.07, 6.45) is 1.54. The number of nitrogens with zero attached hydrogens (tertiary/aromatic N) is 4. The summed E-state index contributed by atoms with van der Waals surface area (Å²) in [5.41, 5.74) is 3.74. The van der Waals surface area contributed by atoms with Crippen LogP contribution < -0.4 is 11.3 Å². The number of benzene rings is 1. The Morgan fingerprint density at radius 2 is 2.17 bits per heavy atom. The van der Waals surface area contributed by atoms with Gasteiger partial charge in [0.1, 0.15) is 11.5 Å². The lowest BCUT2D eigenvalue weighted by Crippen LogP contribution is -2.13. The van der Waals surface area contributed by atoms with Gasteiger partial charge in [0.15, 0.2) is 0 Å². The van der Waals surface area contributed by atoms with Crippen LogP contribution in [0.25, 0.3) is 0 Å². The van der Waals surface area contributed by atoms with Gasteiger partial charge >= 0.3 is 0 Å². The minimum atomic E-state index is 0.330. The van der Waals surface area contributed by atoms with Gasteiger partial charge in [-0.3, -0.25) is 0 Å². The van der Waals surface area contributed by atoms with Gasteiger partial charge < -0.3 is 10.3 Å². The van der Waals surface area contributed by atoms with E-state index in [1.54, 1.807) is 0 Å². The fraction of sp³-hybridized carbons (Fsp3) is 0.133. The van der Waals surface area contributed by atoms with Crippen LogP contribution in [0, 0.1) is 6.92 Å². The minimum Gasteiger partial charge on any atom is -0.460 e. The lowest BCUT2D eigenvalue weighted by atomic mass is 10.2. The number of anilines is 1. The Kier molecular flexibility index (Phi) is 5.07. The third kappa shape index (κ3) is 3.90. The molecule has 9 heteroatoms. The van der Waals surface area contributed by atoms with Crippen LogP contribution in [-0.4, -0.2) is 21.1 Å². The Morgan fingerprint density at radius 3 is 2.92 bits per heavy atom. The molecule has 0 saturated carbocycles. The van der Waals surface area contributed by atoms with Crippen LogP contribution in [0.2, 0.25) is 5.02 Å². The van der Waals surface area contributed by atoms with Crippen molar-refractivity contribution < 1.29 is 4.42 Å². The molecule has 3 N–H and O–H groups in total. The molecule has 2 aromatic heterocycles. The largest absolute Gasteiger partial charge is 0.460 e. The predicted molar refractivity (Wildman–Crippen MR) is 95.8 cm³/mol. The molecule has 3 aromatic rings. The van der Waals surface area contributed by atoms with Gasteiger partial charge in [0.25, 0.3) is 5.95 Å². The highest BCUT2D eigenvalue weighted by Crippen LogP contribution is 2.25. The zero-order chi connectivity index (χ0) is 16.9. The molecule has 0 spiro atoms. The van der Waals surface area contributed by atoms with Crippen LogP contribution in [0.15, 0.2) is 51.1 Å². The SMILES string of the molecule is Cc1ccc(/C=N/Nc2nnc(SCc3ccccc3Cl)n2N)o1. The van der Waals surface area contributed by atoms with Crippen molar-refractivity contribution in [3.8, 4) is 0 Å². The summed E-state index contributed by atoms with van der Waals surface area (Å²) in [7, 11) is 0. The van der Waals surface area contributed by atoms with Gasteiger partial charge in [-0.15, -0.1) is 10.2 Å². The molecule has 1 aromatic carbocycles. The van der Waals surface area contributed by atoms with Gasteiger partial charge in [-0.05, 0) is 30.7 Å². The molecule has 0 fully saturated rings. The molecule has 3 rings (SSSR count). The molecule has 0 saturated heterocycles.